The molecule has 0 aliphatic heterocycles. The lowest BCUT2D eigenvalue weighted by Gasteiger charge is -2.12. The Hall–Kier alpha value is -2.69. The molecule has 3 N–H and O–H groups in total. The molecule has 5 heteroatoms. The van der Waals surface area contributed by atoms with E-state index in [9.17, 15) is 8.78 Å². The summed E-state index contributed by atoms with van der Waals surface area (Å²) < 4.78 is 27.1. The van der Waals surface area contributed by atoms with Crippen molar-refractivity contribution >= 4 is 28.0 Å². The van der Waals surface area contributed by atoms with Gasteiger partial charge in [-0.05, 0) is 36.4 Å². The fraction of sp³-hybridized carbons (Fsp3) is 0. The van der Waals surface area contributed by atoms with Gasteiger partial charge in [-0.3, -0.25) is 4.98 Å². The van der Waals surface area contributed by atoms with Crippen molar-refractivity contribution in [1.82, 2.24) is 4.98 Å². The average Bonchev–Trinajstić information content (AvgIpc) is 2.48. The Morgan fingerprint density at radius 3 is 2.70 bits per heavy atom. The van der Waals surface area contributed by atoms with Gasteiger partial charge in [-0.15, -0.1) is 0 Å². The molecule has 0 unspecified atom stereocenters. The molecule has 3 nitrogen and oxygen atoms in total. The number of nitrogens with zero attached hydrogens (tertiary/aromatic N) is 1. The lowest BCUT2D eigenvalue weighted by Crippen LogP contribution is -2.02. The van der Waals surface area contributed by atoms with Gasteiger partial charge in [0.2, 0.25) is 0 Å². The second-order valence-electron chi connectivity index (χ2n) is 4.33. The van der Waals surface area contributed by atoms with Crippen LogP contribution in [-0.2, 0) is 0 Å². The molecule has 0 fully saturated rings. The number of hydrogen-bond donors (Lipinski definition) is 2. The van der Waals surface area contributed by atoms with Gasteiger partial charge >= 0.3 is 0 Å². The maximum absolute atomic E-state index is 13.8. The molecule has 0 saturated heterocycles. The van der Waals surface area contributed by atoms with E-state index in [-0.39, 0.29) is 11.4 Å². The summed E-state index contributed by atoms with van der Waals surface area (Å²) in [5.41, 5.74) is 7.15. The number of hydrogen-bond acceptors (Lipinski definition) is 3. The van der Waals surface area contributed by atoms with Crippen LogP contribution in [0.3, 0.4) is 0 Å². The van der Waals surface area contributed by atoms with Gasteiger partial charge in [-0.2, -0.15) is 0 Å². The number of benzene rings is 2. The standard InChI is InChI=1S/C15H11F2N3/c16-10-6-7-11(18)15(14(10)17)20-13-5-1-4-12-9(13)3-2-8-19-12/h1-8,20H,18H2. The lowest BCUT2D eigenvalue weighted by atomic mass is 10.1. The highest BCUT2D eigenvalue weighted by atomic mass is 19.2. The molecule has 0 atom stereocenters. The first kappa shape index (κ1) is 12.3. The van der Waals surface area contributed by atoms with Crippen LogP contribution in [0.15, 0.2) is 48.7 Å². The summed E-state index contributed by atoms with van der Waals surface area (Å²) >= 11 is 0. The number of anilines is 3. The third kappa shape index (κ3) is 2.03. The fourth-order valence-electron chi connectivity index (χ4n) is 2.04. The number of nitrogen functional groups attached to an aromatic ring is 1. The van der Waals surface area contributed by atoms with Crippen LogP contribution in [0.5, 0.6) is 0 Å². The van der Waals surface area contributed by atoms with E-state index < -0.39 is 11.6 Å². The van der Waals surface area contributed by atoms with Gasteiger partial charge in [0.25, 0.3) is 0 Å². The summed E-state index contributed by atoms with van der Waals surface area (Å²) in [6.45, 7) is 0. The van der Waals surface area contributed by atoms with Crippen LogP contribution in [0.2, 0.25) is 0 Å². The van der Waals surface area contributed by atoms with E-state index in [1.807, 2.05) is 12.1 Å². The number of aromatic nitrogens is 1. The minimum atomic E-state index is -0.995. The predicted octanol–water partition coefficient (Wildman–Crippen LogP) is 3.84. The maximum Gasteiger partial charge on any atom is 0.184 e. The summed E-state index contributed by atoms with van der Waals surface area (Å²) in [5, 5.41) is 3.65. The molecule has 0 spiro atoms. The molecule has 1 heterocycles. The van der Waals surface area contributed by atoms with Crippen molar-refractivity contribution in [2.45, 2.75) is 0 Å². The molecule has 0 aliphatic carbocycles. The van der Waals surface area contributed by atoms with Crippen LogP contribution >= 0.6 is 0 Å². The van der Waals surface area contributed by atoms with Gasteiger partial charge in [0.15, 0.2) is 11.6 Å². The molecule has 20 heavy (non-hydrogen) atoms. The summed E-state index contributed by atoms with van der Waals surface area (Å²) in [7, 11) is 0. The van der Waals surface area contributed by atoms with Crippen LogP contribution in [0, 0.1) is 11.6 Å². The topological polar surface area (TPSA) is 50.9 Å². The normalized spacial score (nSPS) is 10.7. The van der Waals surface area contributed by atoms with Gasteiger partial charge in [0.05, 0.1) is 11.2 Å². The highest BCUT2D eigenvalue weighted by Crippen LogP contribution is 2.31. The Balaban J connectivity index is 2.13. The first-order chi connectivity index (χ1) is 9.66. The zero-order valence-electron chi connectivity index (χ0n) is 10.4. The largest absolute Gasteiger partial charge is 0.397 e. The summed E-state index contributed by atoms with van der Waals surface area (Å²) in [4.78, 5) is 4.21. The van der Waals surface area contributed by atoms with E-state index in [0.717, 1.165) is 17.0 Å². The van der Waals surface area contributed by atoms with Crippen molar-refractivity contribution in [1.29, 1.82) is 0 Å². The Morgan fingerprint density at radius 2 is 1.85 bits per heavy atom. The Kier molecular flexibility index (Phi) is 2.95. The monoisotopic (exact) mass is 271 g/mol. The highest BCUT2D eigenvalue weighted by Gasteiger charge is 2.13. The summed E-state index contributed by atoms with van der Waals surface area (Å²) in [6.07, 6.45) is 1.67. The molecule has 100 valence electrons. The van der Waals surface area contributed by atoms with E-state index in [0.29, 0.717) is 5.69 Å². The SMILES string of the molecule is Nc1ccc(F)c(F)c1Nc1cccc2ncccc12. The van der Waals surface area contributed by atoms with E-state index in [2.05, 4.69) is 10.3 Å². The summed E-state index contributed by atoms with van der Waals surface area (Å²) in [6, 6.07) is 11.3. The molecular formula is C15H11F2N3. The first-order valence-corrected chi connectivity index (χ1v) is 6.01. The molecule has 0 radical (unpaired) electrons. The van der Waals surface area contributed by atoms with Gasteiger partial charge in [-0.25, -0.2) is 8.78 Å². The highest BCUT2D eigenvalue weighted by molar-refractivity contribution is 5.94. The van der Waals surface area contributed by atoms with E-state index >= 15 is 0 Å². The smallest absolute Gasteiger partial charge is 0.184 e. The van der Waals surface area contributed by atoms with Crippen LogP contribution in [0.1, 0.15) is 0 Å². The van der Waals surface area contributed by atoms with E-state index in [1.54, 1.807) is 24.4 Å². The summed E-state index contributed by atoms with van der Waals surface area (Å²) in [5.74, 6) is -1.94. The third-order valence-corrected chi connectivity index (χ3v) is 3.03. The van der Waals surface area contributed by atoms with Crippen LogP contribution in [0.4, 0.5) is 25.8 Å². The van der Waals surface area contributed by atoms with Crippen molar-refractivity contribution in [2.24, 2.45) is 0 Å². The van der Waals surface area contributed by atoms with Crippen molar-refractivity contribution in [3.05, 3.63) is 60.3 Å². The number of nitrogens with one attached hydrogen (secondary N) is 1. The maximum atomic E-state index is 13.8. The second-order valence-corrected chi connectivity index (χ2v) is 4.33. The van der Waals surface area contributed by atoms with Crippen LogP contribution in [-0.4, -0.2) is 4.98 Å². The predicted molar refractivity (Wildman–Crippen MR) is 75.8 cm³/mol. The molecule has 0 bridgehead atoms. The number of fused-ring (bicyclic) bond motifs is 1. The molecular weight excluding hydrogens is 260 g/mol. The second kappa shape index (κ2) is 4.77. The fourth-order valence-corrected chi connectivity index (χ4v) is 2.04. The van der Waals surface area contributed by atoms with Gasteiger partial charge in [-0.1, -0.05) is 6.07 Å². The molecule has 0 saturated carbocycles. The quantitative estimate of drug-likeness (QED) is 0.696. The van der Waals surface area contributed by atoms with E-state index in [4.69, 9.17) is 5.73 Å². The third-order valence-electron chi connectivity index (χ3n) is 3.03. The van der Waals surface area contributed by atoms with Crippen LogP contribution < -0.4 is 11.1 Å². The van der Waals surface area contributed by atoms with Crippen molar-refractivity contribution in [3.8, 4) is 0 Å². The minimum Gasteiger partial charge on any atom is -0.397 e. The average molecular weight is 271 g/mol. The zero-order valence-corrected chi connectivity index (χ0v) is 10.4. The van der Waals surface area contributed by atoms with E-state index in [1.165, 1.54) is 6.07 Å². The van der Waals surface area contributed by atoms with Gasteiger partial charge < -0.3 is 11.1 Å². The molecule has 0 amide bonds. The Morgan fingerprint density at radius 1 is 1.00 bits per heavy atom. The van der Waals surface area contributed by atoms with Gasteiger partial charge in [0, 0.05) is 17.3 Å². The number of halogens is 2. The molecule has 3 rings (SSSR count). The Labute approximate surface area is 114 Å². The van der Waals surface area contributed by atoms with Crippen molar-refractivity contribution in [3.63, 3.8) is 0 Å². The first-order valence-electron chi connectivity index (χ1n) is 6.01. The zero-order chi connectivity index (χ0) is 14.1. The minimum absolute atomic E-state index is 0.0682. The molecule has 0 aliphatic rings. The number of nitrogens with two attached hydrogens (primary N) is 1. The molecule has 1 aromatic heterocycles. The van der Waals surface area contributed by atoms with Crippen molar-refractivity contribution < 1.29 is 8.78 Å². The Bertz CT molecular complexity index is 782. The molecule has 3 aromatic rings. The number of rotatable bonds is 2. The van der Waals surface area contributed by atoms with Crippen LogP contribution in [0.25, 0.3) is 10.9 Å². The molecule has 2 aromatic carbocycles. The lowest BCUT2D eigenvalue weighted by molar-refractivity contribution is 0.512. The van der Waals surface area contributed by atoms with Crippen molar-refractivity contribution in [2.75, 3.05) is 11.1 Å². The van der Waals surface area contributed by atoms with Gasteiger partial charge in [0.1, 0.15) is 5.69 Å². The number of pyridine rings is 1.